The molecule has 0 saturated carbocycles. The van der Waals surface area contributed by atoms with Gasteiger partial charge in [-0.2, -0.15) is 5.10 Å². The van der Waals surface area contributed by atoms with E-state index in [-0.39, 0.29) is 4.90 Å². The predicted molar refractivity (Wildman–Crippen MR) is 137 cm³/mol. The maximum absolute atomic E-state index is 11.9. The zero-order chi connectivity index (χ0) is 24.1. The lowest BCUT2D eigenvalue weighted by atomic mass is 9.99. The summed E-state index contributed by atoms with van der Waals surface area (Å²) < 4.78 is 31.7. The molecule has 4 rings (SSSR count). The Morgan fingerprint density at radius 3 is 2.18 bits per heavy atom. The second-order valence-electron chi connectivity index (χ2n) is 7.88. The standard InChI is InChI=1S/C27H25ClN2O3S/c1-3-17-30-25(19-33-18-20-7-5-4-6-8-20)26(21-9-13-23(28)14-10-21)27(29-30)22-11-15-24(16-12-22)34(2,31)32/h3-17H,18-19H2,1-2H3. The van der Waals surface area contributed by atoms with E-state index in [0.717, 1.165) is 33.6 Å². The number of nitrogens with zero attached hydrogens (tertiary/aromatic N) is 2. The highest BCUT2D eigenvalue weighted by molar-refractivity contribution is 7.90. The van der Waals surface area contributed by atoms with Crippen LogP contribution in [0.25, 0.3) is 28.6 Å². The van der Waals surface area contributed by atoms with Crippen LogP contribution in [0.1, 0.15) is 18.2 Å². The molecule has 34 heavy (non-hydrogen) atoms. The van der Waals surface area contributed by atoms with E-state index in [1.54, 1.807) is 24.3 Å². The monoisotopic (exact) mass is 492 g/mol. The van der Waals surface area contributed by atoms with Crippen molar-refractivity contribution in [1.29, 1.82) is 0 Å². The number of halogens is 1. The molecule has 1 heterocycles. The lowest BCUT2D eigenvalue weighted by Crippen LogP contribution is -2.02. The fourth-order valence-corrected chi connectivity index (χ4v) is 4.45. The Hall–Kier alpha value is -3.19. The first-order valence-electron chi connectivity index (χ1n) is 10.8. The van der Waals surface area contributed by atoms with Gasteiger partial charge in [0, 0.05) is 28.6 Å². The van der Waals surface area contributed by atoms with Crippen molar-refractivity contribution < 1.29 is 13.2 Å². The largest absolute Gasteiger partial charge is 0.370 e. The topological polar surface area (TPSA) is 61.2 Å². The second-order valence-corrected chi connectivity index (χ2v) is 10.3. The lowest BCUT2D eigenvalue weighted by molar-refractivity contribution is 0.103. The van der Waals surface area contributed by atoms with Crippen molar-refractivity contribution in [2.45, 2.75) is 25.0 Å². The van der Waals surface area contributed by atoms with Crippen molar-refractivity contribution >= 4 is 27.6 Å². The van der Waals surface area contributed by atoms with Crippen LogP contribution in [0, 0.1) is 0 Å². The SMILES string of the molecule is CC=Cn1nc(-c2ccc(S(C)(=O)=O)cc2)c(-c2ccc(Cl)cc2)c1COCc1ccccc1. The maximum atomic E-state index is 11.9. The van der Waals surface area contributed by atoms with Gasteiger partial charge in [0.15, 0.2) is 9.84 Å². The molecule has 3 aromatic carbocycles. The molecule has 0 aliphatic carbocycles. The summed E-state index contributed by atoms with van der Waals surface area (Å²) in [5, 5.41) is 5.50. The van der Waals surface area contributed by atoms with Crippen LogP contribution in [-0.4, -0.2) is 24.5 Å². The molecule has 4 aromatic rings. The molecule has 5 nitrogen and oxygen atoms in total. The first-order valence-corrected chi connectivity index (χ1v) is 13.1. The van der Waals surface area contributed by atoms with E-state index >= 15 is 0 Å². The number of hydrogen-bond donors (Lipinski definition) is 0. The number of aromatic nitrogens is 2. The molecule has 0 aliphatic rings. The summed E-state index contributed by atoms with van der Waals surface area (Å²) in [4.78, 5) is 0.267. The molecule has 0 spiro atoms. The van der Waals surface area contributed by atoms with Crippen molar-refractivity contribution in [3.8, 4) is 22.4 Å². The van der Waals surface area contributed by atoms with Gasteiger partial charge in [-0.05, 0) is 42.3 Å². The summed E-state index contributed by atoms with van der Waals surface area (Å²) in [7, 11) is -3.29. The summed E-state index contributed by atoms with van der Waals surface area (Å²) in [5.41, 5.74) is 5.38. The van der Waals surface area contributed by atoms with Gasteiger partial charge in [-0.25, -0.2) is 13.1 Å². The lowest BCUT2D eigenvalue weighted by Gasteiger charge is -2.10. The highest BCUT2D eigenvalue weighted by atomic mass is 35.5. The summed E-state index contributed by atoms with van der Waals surface area (Å²) in [6.07, 6.45) is 5.00. The van der Waals surface area contributed by atoms with Crippen LogP contribution in [0.15, 0.2) is 89.8 Å². The summed E-state index contributed by atoms with van der Waals surface area (Å²) >= 11 is 6.15. The van der Waals surface area contributed by atoms with Crippen molar-refractivity contribution in [2.24, 2.45) is 0 Å². The average molecular weight is 493 g/mol. The molecule has 1 aromatic heterocycles. The van der Waals surface area contributed by atoms with E-state index in [0.29, 0.717) is 18.2 Å². The molecule has 7 heteroatoms. The maximum Gasteiger partial charge on any atom is 0.175 e. The first kappa shape index (κ1) is 24.0. The average Bonchev–Trinajstić information content (AvgIpc) is 3.18. The van der Waals surface area contributed by atoms with E-state index in [1.807, 2.05) is 78.5 Å². The first-order chi connectivity index (χ1) is 16.4. The molecule has 0 N–H and O–H groups in total. The molecule has 0 fully saturated rings. The van der Waals surface area contributed by atoms with Gasteiger partial charge in [-0.1, -0.05) is 72.3 Å². The van der Waals surface area contributed by atoms with Crippen LogP contribution in [0.5, 0.6) is 0 Å². The summed E-state index contributed by atoms with van der Waals surface area (Å²) in [6.45, 7) is 2.74. The van der Waals surface area contributed by atoms with Gasteiger partial charge in [0.1, 0.15) is 5.69 Å². The highest BCUT2D eigenvalue weighted by Crippen LogP contribution is 2.36. The Bertz CT molecular complexity index is 1390. The predicted octanol–water partition coefficient (Wildman–Crippen LogP) is 6.48. The van der Waals surface area contributed by atoms with Gasteiger partial charge >= 0.3 is 0 Å². The van der Waals surface area contributed by atoms with Crippen LogP contribution in [0.3, 0.4) is 0 Å². The van der Waals surface area contributed by atoms with Gasteiger partial charge in [0.2, 0.25) is 0 Å². The van der Waals surface area contributed by atoms with Crippen molar-refractivity contribution in [3.05, 3.63) is 101 Å². The third-order valence-corrected chi connectivity index (χ3v) is 6.72. The number of hydrogen-bond acceptors (Lipinski definition) is 4. The minimum Gasteiger partial charge on any atom is -0.370 e. The smallest absolute Gasteiger partial charge is 0.175 e. The van der Waals surface area contributed by atoms with Gasteiger partial charge in [-0.15, -0.1) is 0 Å². The van der Waals surface area contributed by atoms with E-state index in [9.17, 15) is 8.42 Å². The number of benzene rings is 3. The Morgan fingerprint density at radius 1 is 0.912 bits per heavy atom. The molecule has 0 atom stereocenters. The Labute approximate surface area is 205 Å². The molecular weight excluding hydrogens is 468 g/mol. The quantitative estimate of drug-likeness (QED) is 0.282. The molecular formula is C27H25ClN2O3S. The fraction of sp³-hybridized carbons (Fsp3) is 0.148. The number of rotatable bonds is 8. The normalized spacial score (nSPS) is 11.9. The van der Waals surface area contributed by atoms with Crippen LogP contribution in [0.2, 0.25) is 5.02 Å². The van der Waals surface area contributed by atoms with Gasteiger partial charge in [-0.3, -0.25) is 0 Å². The minimum absolute atomic E-state index is 0.267. The Kier molecular flexibility index (Phi) is 7.32. The Morgan fingerprint density at radius 2 is 1.56 bits per heavy atom. The van der Waals surface area contributed by atoms with E-state index < -0.39 is 9.84 Å². The van der Waals surface area contributed by atoms with Crippen LogP contribution in [-0.2, 0) is 27.8 Å². The molecule has 0 amide bonds. The van der Waals surface area contributed by atoms with E-state index in [2.05, 4.69) is 0 Å². The molecule has 0 aliphatic heterocycles. The van der Waals surface area contributed by atoms with Gasteiger partial charge < -0.3 is 4.74 Å². The van der Waals surface area contributed by atoms with Crippen LogP contribution < -0.4 is 0 Å². The highest BCUT2D eigenvalue weighted by Gasteiger charge is 2.21. The second kappa shape index (κ2) is 10.4. The van der Waals surface area contributed by atoms with Gasteiger partial charge in [0.05, 0.1) is 23.8 Å². The van der Waals surface area contributed by atoms with E-state index in [1.165, 1.54) is 6.26 Å². The van der Waals surface area contributed by atoms with Crippen molar-refractivity contribution in [1.82, 2.24) is 9.78 Å². The number of allylic oxidation sites excluding steroid dienone is 1. The Balaban J connectivity index is 1.80. The van der Waals surface area contributed by atoms with Gasteiger partial charge in [0.25, 0.3) is 0 Å². The zero-order valence-electron chi connectivity index (χ0n) is 19.0. The molecule has 0 bridgehead atoms. The minimum atomic E-state index is -3.29. The molecule has 0 unspecified atom stereocenters. The van der Waals surface area contributed by atoms with Crippen molar-refractivity contribution in [2.75, 3.05) is 6.26 Å². The molecule has 0 radical (unpaired) electrons. The molecule has 0 saturated heterocycles. The third kappa shape index (κ3) is 5.47. The van der Waals surface area contributed by atoms with Crippen LogP contribution >= 0.6 is 11.6 Å². The van der Waals surface area contributed by atoms with Crippen molar-refractivity contribution in [3.63, 3.8) is 0 Å². The third-order valence-electron chi connectivity index (χ3n) is 5.34. The summed E-state index contributed by atoms with van der Waals surface area (Å²) in [5.74, 6) is 0. The van der Waals surface area contributed by atoms with Crippen LogP contribution in [0.4, 0.5) is 0 Å². The molecule has 174 valence electrons. The fourth-order valence-electron chi connectivity index (χ4n) is 3.69. The number of sulfone groups is 1. The van der Waals surface area contributed by atoms with E-state index in [4.69, 9.17) is 21.4 Å². The summed E-state index contributed by atoms with van der Waals surface area (Å²) in [6, 6.07) is 24.4. The number of ether oxygens (including phenoxy) is 1. The zero-order valence-corrected chi connectivity index (χ0v) is 20.6.